The van der Waals surface area contributed by atoms with Gasteiger partial charge in [-0.05, 0) is 38.0 Å². The Morgan fingerprint density at radius 2 is 2.11 bits per heavy atom. The van der Waals surface area contributed by atoms with Gasteiger partial charge in [0.1, 0.15) is 16.2 Å². The summed E-state index contributed by atoms with van der Waals surface area (Å²) in [4.78, 5) is 37.3. The van der Waals surface area contributed by atoms with Crippen molar-refractivity contribution in [1.82, 2.24) is 9.97 Å². The first-order valence-corrected chi connectivity index (χ1v) is 10.9. The van der Waals surface area contributed by atoms with Gasteiger partial charge in [-0.2, -0.15) is 0 Å². The van der Waals surface area contributed by atoms with Crippen LogP contribution < -0.4 is 10.2 Å². The molecule has 2 aromatic heterocycles. The number of carbonyl (C=O) groups excluding carboxylic acids is 2. The van der Waals surface area contributed by atoms with Crippen LogP contribution in [0.15, 0.2) is 35.6 Å². The molecule has 6 nitrogen and oxygen atoms in total. The fourth-order valence-corrected chi connectivity index (χ4v) is 5.21. The van der Waals surface area contributed by atoms with Gasteiger partial charge in [0.25, 0.3) is 0 Å². The van der Waals surface area contributed by atoms with E-state index in [0.29, 0.717) is 18.7 Å². The van der Waals surface area contributed by atoms with Crippen LogP contribution in [0.3, 0.4) is 0 Å². The van der Waals surface area contributed by atoms with E-state index in [-0.39, 0.29) is 17.6 Å². The van der Waals surface area contributed by atoms with Gasteiger partial charge in [-0.1, -0.05) is 23.9 Å². The van der Waals surface area contributed by atoms with Crippen LogP contribution >= 0.6 is 23.1 Å². The van der Waals surface area contributed by atoms with Crippen molar-refractivity contribution < 1.29 is 9.59 Å². The maximum absolute atomic E-state index is 12.6. The zero-order valence-corrected chi connectivity index (χ0v) is 17.3. The van der Waals surface area contributed by atoms with E-state index >= 15 is 0 Å². The Morgan fingerprint density at radius 1 is 1.29 bits per heavy atom. The molecule has 0 bridgehead atoms. The fourth-order valence-electron chi connectivity index (χ4n) is 3.30. The van der Waals surface area contributed by atoms with Gasteiger partial charge in [0.2, 0.25) is 11.8 Å². The smallest absolute Gasteiger partial charge is 0.234 e. The van der Waals surface area contributed by atoms with Crippen LogP contribution in [0.2, 0.25) is 0 Å². The highest BCUT2D eigenvalue weighted by Gasteiger charge is 2.24. The Labute approximate surface area is 171 Å². The van der Waals surface area contributed by atoms with Gasteiger partial charge in [-0.25, -0.2) is 9.97 Å². The second-order valence-corrected chi connectivity index (χ2v) is 8.81. The first-order chi connectivity index (χ1) is 13.5. The molecule has 0 unspecified atom stereocenters. The number of anilines is 2. The third-order valence-electron chi connectivity index (χ3n) is 4.81. The van der Waals surface area contributed by atoms with E-state index in [1.54, 1.807) is 22.6 Å². The molecule has 3 aromatic rings. The van der Waals surface area contributed by atoms with Crippen molar-refractivity contribution in [2.24, 2.45) is 0 Å². The molecule has 1 aliphatic heterocycles. The van der Waals surface area contributed by atoms with Crippen molar-refractivity contribution in [2.75, 3.05) is 22.5 Å². The molecule has 0 radical (unpaired) electrons. The zero-order chi connectivity index (χ0) is 19.7. The number of rotatable bonds is 5. The van der Waals surface area contributed by atoms with Gasteiger partial charge in [-0.15, -0.1) is 11.3 Å². The SMILES string of the molecule is Cc1sc2ncnc(SCC(=O)Nc3ccccc3N3CCCC3=O)c2c1C. The fraction of sp³-hybridized carbons (Fsp3) is 0.300. The average Bonchev–Trinajstić information content (AvgIpc) is 3.24. The second kappa shape index (κ2) is 7.89. The van der Waals surface area contributed by atoms with Crippen LogP contribution in [0.25, 0.3) is 10.2 Å². The molecule has 0 spiro atoms. The highest BCUT2D eigenvalue weighted by molar-refractivity contribution is 8.00. The molecule has 3 heterocycles. The van der Waals surface area contributed by atoms with E-state index in [1.165, 1.54) is 22.2 Å². The lowest BCUT2D eigenvalue weighted by Gasteiger charge is -2.19. The maximum Gasteiger partial charge on any atom is 0.234 e. The lowest BCUT2D eigenvalue weighted by molar-refractivity contribution is -0.117. The molecule has 0 saturated carbocycles. The van der Waals surface area contributed by atoms with E-state index in [2.05, 4.69) is 29.1 Å². The Kier molecular flexibility index (Phi) is 5.32. The van der Waals surface area contributed by atoms with Crippen molar-refractivity contribution in [3.8, 4) is 0 Å². The molecule has 28 heavy (non-hydrogen) atoms. The van der Waals surface area contributed by atoms with Crippen LogP contribution in [0, 0.1) is 13.8 Å². The first-order valence-electron chi connectivity index (χ1n) is 9.07. The van der Waals surface area contributed by atoms with E-state index in [1.807, 2.05) is 24.3 Å². The summed E-state index contributed by atoms with van der Waals surface area (Å²) in [7, 11) is 0. The lowest BCUT2D eigenvalue weighted by atomic mass is 10.2. The predicted molar refractivity (Wildman–Crippen MR) is 114 cm³/mol. The zero-order valence-electron chi connectivity index (χ0n) is 15.7. The number of thioether (sulfide) groups is 1. The lowest BCUT2D eigenvalue weighted by Crippen LogP contribution is -2.26. The quantitative estimate of drug-likeness (QED) is 0.503. The molecular formula is C20H20N4O2S2. The number of thiophene rings is 1. The first kappa shape index (κ1) is 18.9. The number of aryl methyl sites for hydroxylation is 2. The number of hydrogen-bond donors (Lipinski definition) is 1. The largest absolute Gasteiger partial charge is 0.324 e. The highest BCUT2D eigenvalue weighted by atomic mass is 32.2. The van der Waals surface area contributed by atoms with E-state index in [4.69, 9.17) is 0 Å². The van der Waals surface area contributed by atoms with E-state index in [9.17, 15) is 9.59 Å². The van der Waals surface area contributed by atoms with Crippen molar-refractivity contribution in [1.29, 1.82) is 0 Å². The molecule has 1 N–H and O–H groups in total. The molecule has 1 fully saturated rings. The summed E-state index contributed by atoms with van der Waals surface area (Å²) in [5.41, 5.74) is 2.59. The minimum atomic E-state index is -0.125. The van der Waals surface area contributed by atoms with Gasteiger partial charge in [0.05, 0.1) is 17.1 Å². The topological polar surface area (TPSA) is 75.2 Å². The van der Waals surface area contributed by atoms with Gasteiger partial charge in [0.15, 0.2) is 0 Å². The number of amides is 2. The second-order valence-electron chi connectivity index (χ2n) is 6.65. The molecule has 2 amide bonds. The number of benzene rings is 1. The van der Waals surface area contributed by atoms with Crippen molar-refractivity contribution >= 4 is 56.5 Å². The van der Waals surface area contributed by atoms with Gasteiger partial charge < -0.3 is 10.2 Å². The number of aromatic nitrogens is 2. The molecule has 4 rings (SSSR count). The summed E-state index contributed by atoms with van der Waals surface area (Å²) in [5, 5.41) is 4.81. The molecule has 1 aromatic carbocycles. The van der Waals surface area contributed by atoms with Crippen LogP contribution in [-0.2, 0) is 9.59 Å². The van der Waals surface area contributed by atoms with E-state index in [0.717, 1.165) is 27.4 Å². The van der Waals surface area contributed by atoms with Crippen molar-refractivity contribution in [3.63, 3.8) is 0 Å². The molecule has 0 aliphatic carbocycles. The Morgan fingerprint density at radius 3 is 2.89 bits per heavy atom. The molecule has 0 atom stereocenters. The van der Waals surface area contributed by atoms with Crippen LogP contribution in [0.5, 0.6) is 0 Å². The summed E-state index contributed by atoms with van der Waals surface area (Å²) in [6.07, 6.45) is 2.95. The summed E-state index contributed by atoms with van der Waals surface area (Å²) in [6.45, 7) is 4.82. The third-order valence-corrected chi connectivity index (χ3v) is 6.92. The standard InChI is InChI=1S/C20H20N4O2S2/c1-12-13(2)28-20-18(12)19(21-11-22-20)27-10-16(25)23-14-6-3-4-7-15(14)24-9-5-8-17(24)26/h3-4,6-7,11H,5,8-10H2,1-2H3,(H,23,25). The summed E-state index contributed by atoms with van der Waals surface area (Å²) < 4.78 is 0. The molecule has 1 aliphatic rings. The monoisotopic (exact) mass is 412 g/mol. The number of para-hydroxylation sites is 2. The number of nitrogens with one attached hydrogen (secondary N) is 1. The van der Waals surface area contributed by atoms with Gasteiger partial charge >= 0.3 is 0 Å². The van der Waals surface area contributed by atoms with Gasteiger partial charge in [-0.3, -0.25) is 9.59 Å². The molecule has 144 valence electrons. The Hall–Kier alpha value is -2.45. The predicted octanol–water partition coefficient (Wildman–Crippen LogP) is 4.17. The van der Waals surface area contributed by atoms with Crippen LogP contribution in [0.1, 0.15) is 23.3 Å². The number of carbonyl (C=O) groups is 2. The third kappa shape index (κ3) is 3.62. The minimum absolute atomic E-state index is 0.0998. The van der Waals surface area contributed by atoms with Crippen LogP contribution in [0.4, 0.5) is 11.4 Å². The number of hydrogen-bond acceptors (Lipinski definition) is 6. The number of fused-ring (bicyclic) bond motifs is 1. The van der Waals surface area contributed by atoms with Crippen molar-refractivity contribution in [3.05, 3.63) is 41.0 Å². The normalized spacial score (nSPS) is 14.1. The highest BCUT2D eigenvalue weighted by Crippen LogP contribution is 2.35. The van der Waals surface area contributed by atoms with Crippen LogP contribution in [-0.4, -0.2) is 34.1 Å². The molecule has 8 heteroatoms. The Bertz CT molecular complexity index is 1060. The Balaban J connectivity index is 1.49. The molecular weight excluding hydrogens is 392 g/mol. The maximum atomic E-state index is 12.6. The van der Waals surface area contributed by atoms with Crippen molar-refractivity contribution in [2.45, 2.75) is 31.7 Å². The number of nitrogens with zero attached hydrogens (tertiary/aromatic N) is 3. The summed E-state index contributed by atoms with van der Waals surface area (Å²) in [5.74, 6) is 0.214. The molecule has 1 saturated heterocycles. The van der Waals surface area contributed by atoms with E-state index < -0.39 is 0 Å². The minimum Gasteiger partial charge on any atom is -0.324 e. The van der Waals surface area contributed by atoms with Gasteiger partial charge in [0, 0.05) is 23.2 Å². The summed E-state index contributed by atoms with van der Waals surface area (Å²) >= 11 is 3.05. The summed E-state index contributed by atoms with van der Waals surface area (Å²) in [6, 6.07) is 7.44. The average molecular weight is 413 g/mol.